The summed E-state index contributed by atoms with van der Waals surface area (Å²) in [5.41, 5.74) is 0.844. The lowest BCUT2D eigenvalue weighted by Crippen LogP contribution is -2.43. The Morgan fingerprint density at radius 1 is 1.28 bits per heavy atom. The average molecular weight is 380 g/mol. The molecule has 0 radical (unpaired) electrons. The Kier molecular flexibility index (Phi) is 5.51. The van der Waals surface area contributed by atoms with Gasteiger partial charge in [-0.15, -0.1) is 11.3 Å². The van der Waals surface area contributed by atoms with E-state index in [9.17, 15) is 13.2 Å². The first kappa shape index (κ1) is 18.0. The third-order valence-electron chi connectivity index (χ3n) is 4.39. The Morgan fingerprint density at radius 3 is 2.64 bits per heavy atom. The monoisotopic (exact) mass is 379 g/mol. The van der Waals surface area contributed by atoms with Gasteiger partial charge in [0, 0.05) is 32.3 Å². The number of thiophene rings is 1. The van der Waals surface area contributed by atoms with Crippen molar-refractivity contribution >= 4 is 27.3 Å². The lowest BCUT2D eigenvalue weighted by atomic mass is 9.96. The van der Waals surface area contributed by atoms with Gasteiger partial charge in [-0.25, -0.2) is 8.42 Å². The number of amides is 1. The smallest absolute Gasteiger partial charge is 0.252 e. The molecule has 2 aromatic rings. The zero-order valence-electron chi connectivity index (χ0n) is 14.0. The van der Waals surface area contributed by atoms with Crippen LogP contribution >= 0.6 is 11.3 Å². The Hall–Kier alpha value is -1.77. The first-order valence-electron chi connectivity index (χ1n) is 8.17. The van der Waals surface area contributed by atoms with Gasteiger partial charge >= 0.3 is 0 Å². The van der Waals surface area contributed by atoms with E-state index < -0.39 is 10.0 Å². The highest BCUT2D eigenvalue weighted by atomic mass is 32.2. The van der Waals surface area contributed by atoms with E-state index in [1.54, 1.807) is 35.7 Å². The Balaban J connectivity index is 1.57. The summed E-state index contributed by atoms with van der Waals surface area (Å²) in [6.07, 6.45) is 2.81. The van der Waals surface area contributed by atoms with Crippen molar-refractivity contribution in [2.75, 3.05) is 20.1 Å². The van der Waals surface area contributed by atoms with Crippen LogP contribution in [-0.4, -0.2) is 48.7 Å². The van der Waals surface area contributed by atoms with Crippen LogP contribution in [-0.2, 0) is 21.4 Å². The van der Waals surface area contributed by atoms with Crippen molar-refractivity contribution in [3.8, 4) is 0 Å². The number of sulfonamides is 1. The highest BCUT2D eigenvalue weighted by Gasteiger charge is 2.33. The van der Waals surface area contributed by atoms with Gasteiger partial charge in [0.2, 0.25) is 5.91 Å². The molecule has 0 atom stereocenters. The molecule has 0 spiro atoms. The second kappa shape index (κ2) is 7.63. The maximum atomic E-state index is 12.6. The second-order valence-corrected chi connectivity index (χ2v) is 9.24. The van der Waals surface area contributed by atoms with Gasteiger partial charge in [-0.2, -0.15) is 4.31 Å². The van der Waals surface area contributed by atoms with Crippen molar-refractivity contribution in [3.05, 3.63) is 47.6 Å². The fourth-order valence-electron chi connectivity index (χ4n) is 3.00. The first-order chi connectivity index (χ1) is 12.0. The van der Waals surface area contributed by atoms with Gasteiger partial charge in [0.05, 0.1) is 12.2 Å². The molecule has 0 aliphatic carbocycles. The molecule has 3 heterocycles. The largest absolute Gasteiger partial charge is 0.340 e. The third-order valence-corrected chi connectivity index (χ3v) is 7.67. The molecule has 6 nitrogen and oxygen atoms in total. The van der Waals surface area contributed by atoms with Gasteiger partial charge < -0.3 is 4.90 Å². The number of aromatic nitrogens is 1. The Labute approximate surface area is 152 Å². The fourth-order valence-corrected chi connectivity index (χ4v) is 5.62. The minimum atomic E-state index is -3.42. The normalized spacial score (nSPS) is 16.7. The number of hydrogen-bond donors (Lipinski definition) is 0. The minimum absolute atomic E-state index is 0.0545. The molecule has 0 bridgehead atoms. The maximum Gasteiger partial charge on any atom is 0.252 e. The van der Waals surface area contributed by atoms with Crippen LogP contribution in [0.3, 0.4) is 0 Å². The van der Waals surface area contributed by atoms with E-state index in [0.717, 1.165) is 5.69 Å². The molecule has 0 aromatic carbocycles. The van der Waals surface area contributed by atoms with Gasteiger partial charge in [0.25, 0.3) is 10.0 Å². The van der Waals surface area contributed by atoms with Crippen LogP contribution in [0.25, 0.3) is 0 Å². The van der Waals surface area contributed by atoms with E-state index in [2.05, 4.69) is 4.98 Å². The summed E-state index contributed by atoms with van der Waals surface area (Å²) < 4.78 is 26.9. The van der Waals surface area contributed by atoms with Crippen molar-refractivity contribution < 1.29 is 13.2 Å². The van der Waals surface area contributed by atoms with Gasteiger partial charge in [0.15, 0.2) is 0 Å². The Bertz CT molecular complexity index is 799. The Morgan fingerprint density at radius 2 is 2.04 bits per heavy atom. The molecule has 1 aliphatic rings. The lowest BCUT2D eigenvalue weighted by Gasteiger charge is -2.32. The lowest BCUT2D eigenvalue weighted by molar-refractivity contribution is -0.136. The van der Waals surface area contributed by atoms with Crippen molar-refractivity contribution in [2.45, 2.75) is 23.6 Å². The number of carbonyl (C=O) groups excluding carboxylic acids is 1. The summed E-state index contributed by atoms with van der Waals surface area (Å²) >= 11 is 1.23. The third kappa shape index (κ3) is 4.08. The summed E-state index contributed by atoms with van der Waals surface area (Å²) in [6, 6.07) is 8.99. The predicted molar refractivity (Wildman–Crippen MR) is 96.5 cm³/mol. The summed E-state index contributed by atoms with van der Waals surface area (Å²) in [4.78, 5) is 18.5. The molecule has 2 aromatic heterocycles. The summed E-state index contributed by atoms with van der Waals surface area (Å²) in [5, 5.41) is 1.76. The molecule has 0 saturated carbocycles. The quantitative estimate of drug-likeness (QED) is 0.799. The molecule has 25 heavy (non-hydrogen) atoms. The van der Waals surface area contributed by atoms with Crippen molar-refractivity contribution in [2.24, 2.45) is 5.92 Å². The van der Waals surface area contributed by atoms with Crippen LogP contribution in [0.2, 0.25) is 0 Å². The van der Waals surface area contributed by atoms with Gasteiger partial charge in [-0.05, 0) is 36.4 Å². The van der Waals surface area contributed by atoms with E-state index in [-0.39, 0.29) is 11.8 Å². The van der Waals surface area contributed by atoms with Crippen LogP contribution in [0, 0.1) is 5.92 Å². The molecule has 1 fully saturated rings. The molecular weight excluding hydrogens is 358 g/mol. The van der Waals surface area contributed by atoms with E-state index in [1.165, 1.54) is 15.6 Å². The van der Waals surface area contributed by atoms with E-state index in [1.807, 2.05) is 18.2 Å². The maximum absolute atomic E-state index is 12.6. The number of pyridine rings is 1. The van der Waals surface area contributed by atoms with Crippen LogP contribution in [0.15, 0.2) is 46.1 Å². The summed E-state index contributed by atoms with van der Waals surface area (Å²) in [6.45, 7) is 1.23. The number of carbonyl (C=O) groups is 1. The zero-order valence-corrected chi connectivity index (χ0v) is 15.7. The van der Waals surface area contributed by atoms with Gasteiger partial charge in [-0.3, -0.25) is 9.78 Å². The molecule has 1 saturated heterocycles. The zero-order chi connectivity index (χ0) is 17.9. The van der Waals surface area contributed by atoms with Gasteiger partial charge in [0.1, 0.15) is 4.21 Å². The second-order valence-electron chi connectivity index (χ2n) is 6.13. The molecule has 0 unspecified atom stereocenters. The highest BCUT2D eigenvalue weighted by Crippen LogP contribution is 2.27. The van der Waals surface area contributed by atoms with E-state index in [4.69, 9.17) is 0 Å². The molecule has 1 amide bonds. The van der Waals surface area contributed by atoms with E-state index >= 15 is 0 Å². The van der Waals surface area contributed by atoms with Gasteiger partial charge in [-0.1, -0.05) is 12.1 Å². The van der Waals surface area contributed by atoms with Crippen LogP contribution in [0.1, 0.15) is 18.5 Å². The number of piperidine rings is 1. The molecule has 134 valence electrons. The van der Waals surface area contributed by atoms with Crippen molar-refractivity contribution in [1.29, 1.82) is 0 Å². The average Bonchev–Trinajstić information content (AvgIpc) is 3.17. The first-order valence-corrected chi connectivity index (χ1v) is 10.5. The SMILES string of the molecule is CN(Cc1ccccn1)C(=O)C1CCN(S(=O)(=O)c2cccs2)CC1. The minimum Gasteiger partial charge on any atom is -0.340 e. The van der Waals surface area contributed by atoms with Crippen LogP contribution in [0.4, 0.5) is 0 Å². The fraction of sp³-hybridized carbons (Fsp3) is 0.412. The predicted octanol–water partition coefficient (Wildman–Crippen LogP) is 2.20. The number of rotatable bonds is 5. The molecule has 0 N–H and O–H groups in total. The van der Waals surface area contributed by atoms with E-state index in [0.29, 0.717) is 36.7 Å². The number of nitrogens with zero attached hydrogens (tertiary/aromatic N) is 3. The van der Waals surface area contributed by atoms with Crippen LogP contribution < -0.4 is 0 Å². The van der Waals surface area contributed by atoms with Crippen LogP contribution in [0.5, 0.6) is 0 Å². The van der Waals surface area contributed by atoms with Crippen molar-refractivity contribution in [3.63, 3.8) is 0 Å². The molecular formula is C17H21N3O3S2. The number of hydrogen-bond acceptors (Lipinski definition) is 5. The molecule has 3 rings (SSSR count). The molecule has 8 heteroatoms. The highest BCUT2D eigenvalue weighted by molar-refractivity contribution is 7.91. The summed E-state index contributed by atoms with van der Waals surface area (Å²) in [7, 11) is -1.65. The standard InChI is InChI=1S/C17H21N3O3S2/c1-19(13-15-5-2-3-9-18-15)17(21)14-7-10-20(11-8-14)25(22,23)16-6-4-12-24-16/h2-6,9,12,14H,7-8,10-11,13H2,1H3. The van der Waals surface area contributed by atoms with Crippen molar-refractivity contribution in [1.82, 2.24) is 14.2 Å². The summed E-state index contributed by atoms with van der Waals surface area (Å²) in [5.74, 6) is -0.0812. The topological polar surface area (TPSA) is 70.6 Å². The molecule has 1 aliphatic heterocycles.